The molecule has 1 spiro atoms. The summed E-state index contributed by atoms with van der Waals surface area (Å²) in [6.45, 7) is 1.55. The van der Waals surface area contributed by atoms with E-state index in [0.29, 0.717) is 19.5 Å². The predicted octanol–water partition coefficient (Wildman–Crippen LogP) is 3.48. The van der Waals surface area contributed by atoms with Crippen molar-refractivity contribution in [3.05, 3.63) is 71.3 Å². The molecule has 7 heteroatoms. The number of ether oxygens (including phenoxy) is 1. The maximum absolute atomic E-state index is 13.8. The number of carbonyl (C=O) groups excluding carboxylic acids is 2. The van der Waals surface area contributed by atoms with E-state index in [1.807, 2.05) is 35.2 Å². The molecule has 0 radical (unpaired) electrons. The summed E-state index contributed by atoms with van der Waals surface area (Å²) in [4.78, 5) is 26.7. The average molecular weight is 428 g/mol. The largest absolute Gasteiger partial charge is 0.370 e. The number of nitrogens with one attached hydrogen (secondary N) is 1. The highest BCUT2D eigenvalue weighted by Gasteiger charge is 2.43. The van der Waals surface area contributed by atoms with Gasteiger partial charge in [-0.1, -0.05) is 30.3 Å². The molecule has 2 fully saturated rings. The highest BCUT2D eigenvalue weighted by Crippen LogP contribution is 2.38. The van der Waals surface area contributed by atoms with Crippen LogP contribution in [0.4, 0.5) is 8.78 Å². The van der Waals surface area contributed by atoms with E-state index in [4.69, 9.17) is 4.74 Å². The van der Waals surface area contributed by atoms with Crippen molar-refractivity contribution in [1.82, 2.24) is 10.2 Å². The summed E-state index contributed by atoms with van der Waals surface area (Å²) in [5.74, 6) is -1.94. The summed E-state index contributed by atoms with van der Waals surface area (Å²) in [5, 5.41) is 2.65. The first-order valence-corrected chi connectivity index (χ1v) is 10.7. The molecule has 31 heavy (non-hydrogen) atoms. The van der Waals surface area contributed by atoms with Crippen LogP contribution in [0, 0.1) is 11.6 Å². The van der Waals surface area contributed by atoms with Crippen LogP contribution in [0.15, 0.2) is 48.5 Å². The molecular weight excluding hydrogens is 402 g/mol. The molecule has 2 aliphatic rings. The zero-order valence-corrected chi connectivity index (χ0v) is 17.3. The lowest BCUT2D eigenvalue weighted by molar-refractivity contribution is -0.136. The lowest BCUT2D eigenvalue weighted by atomic mass is 9.88. The van der Waals surface area contributed by atoms with Gasteiger partial charge in [0.2, 0.25) is 5.91 Å². The maximum atomic E-state index is 13.8. The predicted molar refractivity (Wildman–Crippen MR) is 111 cm³/mol. The van der Waals surface area contributed by atoms with Crippen molar-refractivity contribution in [3.63, 3.8) is 0 Å². The Labute approximate surface area is 180 Å². The number of likely N-dealkylation sites (tertiary alicyclic amines) is 1. The molecule has 2 aromatic rings. The van der Waals surface area contributed by atoms with E-state index in [2.05, 4.69) is 5.32 Å². The third-order valence-corrected chi connectivity index (χ3v) is 6.23. The number of halogens is 2. The molecule has 2 aromatic carbocycles. The molecule has 1 atom stereocenters. The van der Waals surface area contributed by atoms with E-state index in [9.17, 15) is 18.4 Å². The summed E-state index contributed by atoms with van der Waals surface area (Å²) < 4.78 is 33.3. The molecule has 0 bridgehead atoms. The lowest BCUT2D eigenvalue weighted by Crippen LogP contribution is -2.47. The van der Waals surface area contributed by atoms with Gasteiger partial charge in [0.1, 0.15) is 11.6 Å². The zero-order chi connectivity index (χ0) is 21.8. The number of amides is 2. The van der Waals surface area contributed by atoms with E-state index in [1.54, 1.807) is 0 Å². The molecule has 2 heterocycles. The Morgan fingerprint density at radius 2 is 1.81 bits per heavy atom. The number of benzene rings is 2. The van der Waals surface area contributed by atoms with Crippen molar-refractivity contribution in [1.29, 1.82) is 0 Å². The molecule has 164 valence electrons. The van der Waals surface area contributed by atoms with Crippen LogP contribution >= 0.6 is 0 Å². The van der Waals surface area contributed by atoms with Gasteiger partial charge in [0.25, 0.3) is 5.91 Å². The van der Waals surface area contributed by atoms with E-state index >= 15 is 0 Å². The van der Waals surface area contributed by atoms with Crippen LogP contribution < -0.4 is 5.32 Å². The molecule has 0 unspecified atom stereocenters. The van der Waals surface area contributed by atoms with Crippen molar-refractivity contribution in [2.24, 2.45) is 0 Å². The molecule has 2 amide bonds. The smallest absolute Gasteiger partial charge is 0.254 e. The second-order valence-electron chi connectivity index (χ2n) is 8.34. The van der Waals surface area contributed by atoms with E-state index < -0.39 is 17.5 Å². The van der Waals surface area contributed by atoms with Crippen LogP contribution in [0.1, 0.15) is 41.6 Å². The highest BCUT2D eigenvalue weighted by molar-refractivity contribution is 5.94. The third-order valence-electron chi connectivity index (χ3n) is 6.23. The van der Waals surface area contributed by atoms with Crippen molar-refractivity contribution >= 4 is 11.8 Å². The molecule has 0 aliphatic carbocycles. The Hall–Kier alpha value is -2.80. The van der Waals surface area contributed by atoms with Gasteiger partial charge in [0, 0.05) is 19.6 Å². The Kier molecular flexibility index (Phi) is 6.32. The van der Waals surface area contributed by atoms with Gasteiger partial charge in [0.15, 0.2) is 0 Å². The number of hydrogen-bond acceptors (Lipinski definition) is 3. The Morgan fingerprint density at radius 3 is 2.55 bits per heavy atom. The number of carbonyl (C=O) groups is 2. The van der Waals surface area contributed by atoms with Crippen LogP contribution in [0.5, 0.6) is 0 Å². The van der Waals surface area contributed by atoms with Crippen LogP contribution in [0.3, 0.4) is 0 Å². The van der Waals surface area contributed by atoms with Gasteiger partial charge >= 0.3 is 0 Å². The minimum atomic E-state index is -0.754. The first-order valence-electron chi connectivity index (χ1n) is 10.7. The maximum Gasteiger partial charge on any atom is 0.254 e. The molecule has 0 aromatic heterocycles. The molecule has 4 rings (SSSR count). The number of rotatable bonds is 5. The second-order valence-corrected chi connectivity index (χ2v) is 8.34. The fourth-order valence-electron chi connectivity index (χ4n) is 4.43. The van der Waals surface area contributed by atoms with Gasteiger partial charge in [-0.2, -0.15) is 0 Å². The standard InChI is InChI=1S/C24H26F2N2O3/c25-18-6-7-21(26)20(15-18)23(30)27-16-19-8-9-24(31-19)10-12-28(13-11-24)22(29)14-17-4-2-1-3-5-17/h1-7,15,19H,8-14,16H2,(H,27,30)/t19-/m1/s1. The van der Waals surface area contributed by atoms with Gasteiger partial charge in [-0.05, 0) is 49.4 Å². The van der Waals surface area contributed by atoms with Crippen LogP contribution in [0.2, 0.25) is 0 Å². The first-order chi connectivity index (χ1) is 14.9. The van der Waals surface area contributed by atoms with Crippen molar-refractivity contribution in [2.75, 3.05) is 19.6 Å². The summed E-state index contributed by atoms with van der Waals surface area (Å²) in [5.41, 5.74) is 0.427. The SMILES string of the molecule is O=C(NC[C@H]1CCC2(CCN(C(=O)Cc3ccccc3)CC2)O1)c1cc(F)ccc1F. The molecule has 2 saturated heterocycles. The van der Waals surface area contributed by atoms with Crippen LogP contribution in [-0.4, -0.2) is 48.1 Å². The van der Waals surface area contributed by atoms with E-state index in [0.717, 1.165) is 49.4 Å². The summed E-state index contributed by atoms with van der Waals surface area (Å²) in [6.07, 6.45) is 3.39. The van der Waals surface area contributed by atoms with Crippen molar-refractivity contribution < 1.29 is 23.1 Å². The Bertz CT molecular complexity index is 943. The van der Waals surface area contributed by atoms with E-state index in [1.165, 1.54) is 0 Å². The minimum absolute atomic E-state index is 0.125. The Balaban J connectivity index is 1.25. The lowest BCUT2D eigenvalue weighted by Gasteiger charge is -2.39. The number of piperidine rings is 1. The highest BCUT2D eigenvalue weighted by atomic mass is 19.1. The van der Waals surface area contributed by atoms with Crippen LogP contribution in [0.25, 0.3) is 0 Å². The van der Waals surface area contributed by atoms with Crippen molar-refractivity contribution in [3.8, 4) is 0 Å². The fraction of sp³-hybridized carbons (Fsp3) is 0.417. The second kappa shape index (κ2) is 9.14. The average Bonchev–Trinajstić information content (AvgIpc) is 3.17. The third kappa shape index (κ3) is 5.10. The summed E-state index contributed by atoms with van der Waals surface area (Å²) >= 11 is 0. The molecule has 5 nitrogen and oxygen atoms in total. The molecule has 1 N–H and O–H groups in total. The van der Waals surface area contributed by atoms with Crippen molar-refractivity contribution in [2.45, 2.75) is 43.8 Å². The van der Waals surface area contributed by atoms with Gasteiger partial charge in [-0.25, -0.2) is 8.78 Å². The molecule has 2 aliphatic heterocycles. The summed E-state index contributed by atoms with van der Waals surface area (Å²) in [7, 11) is 0. The molecular formula is C24H26F2N2O3. The quantitative estimate of drug-likeness (QED) is 0.793. The van der Waals surface area contributed by atoms with Gasteiger partial charge in [-0.15, -0.1) is 0 Å². The monoisotopic (exact) mass is 428 g/mol. The van der Waals surface area contributed by atoms with Crippen LogP contribution in [-0.2, 0) is 16.0 Å². The number of hydrogen-bond donors (Lipinski definition) is 1. The Morgan fingerprint density at radius 1 is 1.06 bits per heavy atom. The number of nitrogens with zero attached hydrogens (tertiary/aromatic N) is 1. The van der Waals surface area contributed by atoms with Gasteiger partial charge < -0.3 is 15.0 Å². The fourth-order valence-corrected chi connectivity index (χ4v) is 4.43. The normalized spacial score (nSPS) is 20.1. The first kappa shape index (κ1) is 21.4. The molecule has 0 saturated carbocycles. The van der Waals surface area contributed by atoms with Gasteiger partial charge in [0.05, 0.1) is 23.7 Å². The van der Waals surface area contributed by atoms with E-state index in [-0.39, 0.29) is 29.7 Å². The topological polar surface area (TPSA) is 58.6 Å². The van der Waals surface area contributed by atoms with Gasteiger partial charge in [-0.3, -0.25) is 9.59 Å². The zero-order valence-electron chi connectivity index (χ0n) is 17.3. The summed E-state index contributed by atoms with van der Waals surface area (Å²) in [6, 6.07) is 12.5. The minimum Gasteiger partial charge on any atom is -0.370 e.